The Morgan fingerprint density at radius 3 is 2.60 bits per heavy atom. The number of amides is 1. The standard InChI is InChI=1S/C6H9N3O/c1-4-2-3-5(6(7)10)9-8-4/h2-3,8-9H,1H3,(H2,7,10). The third kappa shape index (κ3) is 1.28. The van der Waals surface area contributed by atoms with Gasteiger partial charge in [-0.1, -0.05) is 0 Å². The van der Waals surface area contributed by atoms with Gasteiger partial charge in [-0.05, 0) is 19.1 Å². The molecular weight excluding hydrogens is 130 g/mol. The lowest BCUT2D eigenvalue weighted by Gasteiger charge is -2.13. The van der Waals surface area contributed by atoms with Crippen LogP contribution in [0.1, 0.15) is 6.92 Å². The Hall–Kier alpha value is -1.45. The first-order valence-corrected chi connectivity index (χ1v) is 2.90. The molecule has 1 rings (SSSR count). The second-order valence-electron chi connectivity index (χ2n) is 2.04. The highest BCUT2D eigenvalue weighted by molar-refractivity contribution is 5.91. The fourth-order valence-electron chi connectivity index (χ4n) is 0.601. The maximum Gasteiger partial charge on any atom is 0.266 e. The highest BCUT2D eigenvalue weighted by Gasteiger charge is 2.04. The van der Waals surface area contributed by atoms with Gasteiger partial charge in [-0.3, -0.25) is 10.2 Å². The summed E-state index contributed by atoms with van der Waals surface area (Å²) in [5.41, 5.74) is 11.7. The van der Waals surface area contributed by atoms with Crippen molar-refractivity contribution in [3.8, 4) is 0 Å². The Labute approximate surface area is 58.8 Å². The highest BCUT2D eigenvalue weighted by atomic mass is 16.1. The topological polar surface area (TPSA) is 67.2 Å². The van der Waals surface area contributed by atoms with Gasteiger partial charge in [0.1, 0.15) is 5.70 Å². The first kappa shape index (κ1) is 6.67. The molecule has 4 N–H and O–H groups in total. The van der Waals surface area contributed by atoms with Crippen molar-refractivity contribution in [1.29, 1.82) is 0 Å². The molecule has 0 aromatic heterocycles. The Balaban J connectivity index is 2.74. The molecular formula is C6H9N3O. The van der Waals surface area contributed by atoms with Crippen molar-refractivity contribution >= 4 is 5.91 Å². The molecule has 0 atom stereocenters. The van der Waals surface area contributed by atoms with E-state index in [0.29, 0.717) is 5.70 Å². The van der Waals surface area contributed by atoms with Crippen molar-refractivity contribution in [1.82, 2.24) is 10.9 Å². The van der Waals surface area contributed by atoms with Crippen LogP contribution in [0.3, 0.4) is 0 Å². The lowest BCUT2D eigenvalue weighted by atomic mass is 10.3. The summed E-state index contributed by atoms with van der Waals surface area (Å²) in [5.74, 6) is -0.462. The van der Waals surface area contributed by atoms with Gasteiger partial charge in [0.05, 0.1) is 0 Å². The van der Waals surface area contributed by atoms with Crippen LogP contribution in [0.25, 0.3) is 0 Å². The van der Waals surface area contributed by atoms with Crippen LogP contribution in [-0.2, 0) is 4.79 Å². The molecule has 0 radical (unpaired) electrons. The molecule has 10 heavy (non-hydrogen) atoms. The lowest BCUT2D eigenvalue weighted by Crippen LogP contribution is -2.37. The molecule has 1 aliphatic heterocycles. The summed E-state index contributed by atoms with van der Waals surface area (Å²) >= 11 is 0. The summed E-state index contributed by atoms with van der Waals surface area (Å²) in [6.45, 7) is 1.88. The van der Waals surface area contributed by atoms with E-state index in [-0.39, 0.29) is 0 Å². The minimum atomic E-state index is -0.462. The molecule has 1 aliphatic rings. The van der Waals surface area contributed by atoms with E-state index in [1.165, 1.54) is 0 Å². The number of hydrogen-bond acceptors (Lipinski definition) is 3. The average Bonchev–Trinajstić information content (AvgIpc) is 1.88. The quantitative estimate of drug-likeness (QED) is 0.453. The first-order chi connectivity index (χ1) is 4.70. The summed E-state index contributed by atoms with van der Waals surface area (Å²) in [7, 11) is 0. The molecule has 0 aromatic carbocycles. The van der Waals surface area contributed by atoms with Crippen LogP contribution in [0.15, 0.2) is 23.5 Å². The van der Waals surface area contributed by atoms with Crippen LogP contribution >= 0.6 is 0 Å². The van der Waals surface area contributed by atoms with Gasteiger partial charge in [0, 0.05) is 5.70 Å². The summed E-state index contributed by atoms with van der Waals surface area (Å²) in [4.78, 5) is 10.5. The number of hydrogen-bond donors (Lipinski definition) is 3. The van der Waals surface area contributed by atoms with E-state index < -0.39 is 5.91 Å². The third-order valence-corrected chi connectivity index (χ3v) is 1.16. The van der Waals surface area contributed by atoms with Crippen molar-refractivity contribution in [2.75, 3.05) is 0 Å². The van der Waals surface area contributed by atoms with Crippen LogP contribution < -0.4 is 16.6 Å². The number of hydrazine groups is 1. The minimum absolute atomic E-state index is 0.380. The van der Waals surface area contributed by atoms with Gasteiger partial charge in [0.25, 0.3) is 5.91 Å². The van der Waals surface area contributed by atoms with Crippen LogP contribution in [0.5, 0.6) is 0 Å². The van der Waals surface area contributed by atoms with Crippen molar-refractivity contribution < 1.29 is 4.79 Å². The van der Waals surface area contributed by atoms with Crippen LogP contribution in [0.2, 0.25) is 0 Å². The number of primary amides is 1. The van der Waals surface area contributed by atoms with Gasteiger partial charge >= 0.3 is 0 Å². The molecule has 0 saturated carbocycles. The zero-order valence-electron chi connectivity index (χ0n) is 5.64. The zero-order valence-corrected chi connectivity index (χ0v) is 5.64. The van der Waals surface area contributed by atoms with Crippen molar-refractivity contribution in [2.45, 2.75) is 6.92 Å². The second kappa shape index (κ2) is 2.43. The molecule has 0 unspecified atom stereocenters. The Kier molecular flexibility index (Phi) is 1.62. The number of carbonyl (C=O) groups excluding carboxylic acids is 1. The summed E-state index contributed by atoms with van der Waals surface area (Å²) in [6.07, 6.45) is 3.41. The van der Waals surface area contributed by atoms with Gasteiger partial charge < -0.3 is 11.2 Å². The molecule has 0 aromatic rings. The monoisotopic (exact) mass is 139 g/mol. The van der Waals surface area contributed by atoms with Gasteiger partial charge in [-0.25, -0.2) is 0 Å². The van der Waals surface area contributed by atoms with Crippen molar-refractivity contribution in [2.24, 2.45) is 5.73 Å². The number of nitrogens with two attached hydrogens (primary N) is 1. The fourth-order valence-corrected chi connectivity index (χ4v) is 0.601. The van der Waals surface area contributed by atoms with Crippen molar-refractivity contribution in [3.63, 3.8) is 0 Å². The maximum atomic E-state index is 10.5. The highest BCUT2D eigenvalue weighted by Crippen LogP contribution is 1.96. The maximum absolute atomic E-state index is 10.5. The Morgan fingerprint density at radius 1 is 1.50 bits per heavy atom. The number of carbonyl (C=O) groups is 1. The van der Waals surface area contributed by atoms with E-state index in [2.05, 4.69) is 10.9 Å². The average molecular weight is 139 g/mol. The molecule has 1 amide bonds. The molecule has 4 heteroatoms. The summed E-state index contributed by atoms with van der Waals surface area (Å²) < 4.78 is 0. The predicted molar refractivity (Wildman–Crippen MR) is 37.3 cm³/mol. The van der Waals surface area contributed by atoms with E-state index in [0.717, 1.165) is 5.70 Å². The van der Waals surface area contributed by atoms with Gasteiger partial charge in [-0.2, -0.15) is 0 Å². The minimum Gasteiger partial charge on any atom is -0.364 e. The van der Waals surface area contributed by atoms with E-state index in [9.17, 15) is 4.79 Å². The Bertz CT molecular complexity index is 217. The summed E-state index contributed by atoms with van der Waals surface area (Å²) in [6, 6.07) is 0. The smallest absolute Gasteiger partial charge is 0.266 e. The fraction of sp³-hybridized carbons (Fsp3) is 0.167. The van der Waals surface area contributed by atoms with E-state index in [1.807, 2.05) is 6.92 Å². The largest absolute Gasteiger partial charge is 0.364 e. The molecule has 0 spiro atoms. The zero-order chi connectivity index (χ0) is 7.56. The molecule has 0 saturated heterocycles. The van der Waals surface area contributed by atoms with E-state index in [1.54, 1.807) is 12.2 Å². The van der Waals surface area contributed by atoms with Crippen LogP contribution in [0.4, 0.5) is 0 Å². The van der Waals surface area contributed by atoms with Gasteiger partial charge in [0.2, 0.25) is 0 Å². The number of allylic oxidation sites excluding steroid dienone is 3. The SMILES string of the molecule is CC1=CC=C(C(N)=O)NN1. The van der Waals surface area contributed by atoms with Crippen LogP contribution in [-0.4, -0.2) is 5.91 Å². The molecule has 0 aliphatic carbocycles. The third-order valence-electron chi connectivity index (χ3n) is 1.16. The van der Waals surface area contributed by atoms with E-state index >= 15 is 0 Å². The Morgan fingerprint density at radius 2 is 2.20 bits per heavy atom. The molecule has 0 bridgehead atoms. The van der Waals surface area contributed by atoms with Crippen LogP contribution in [0, 0.1) is 0 Å². The number of nitrogens with one attached hydrogen (secondary N) is 2. The summed E-state index contributed by atoms with van der Waals surface area (Å²) in [5, 5.41) is 0. The molecule has 54 valence electrons. The predicted octanol–water partition coefficient (Wildman–Crippen LogP) is -0.633. The van der Waals surface area contributed by atoms with Crippen molar-refractivity contribution in [3.05, 3.63) is 23.5 Å². The molecule has 0 fully saturated rings. The first-order valence-electron chi connectivity index (χ1n) is 2.90. The van der Waals surface area contributed by atoms with Gasteiger partial charge in [-0.15, -0.1) is 0 Å². The lowest BCUT2D eigenvalue weighted by molar-refractivity contribution is -0.115. The van der Waals surface area contributed by atoms with Gasteiger partial charge in [0.15, 0.2) is 0 Å². The second-order valence-corrected chi connectivity index (χ2v) is 2.04. The van der Waals surface area contributed by atoms with E-state index in [4.69, 9.17) is 5.73 Å². The number of rotatable bonds is 1. The normalized spacial score (nSPS) is 16.1. The molecule has 1 heterocycles. The molecule has 4 nitrogen and oxygen atoms in total.